The third-order valence-electron chi connectivity index (χ3n) is 1.26. The van der Waals surface area contributed by atoms with Gasteiger partial charge in [0.1, 0.15) is 6.61 Å². The first-order chi connectivity index (χ1) is 8.51. The van der Waals surface area contributed by atoms with Gasteiger partial charge < -0.3 is 19.3 Å². The number of rotatable bonds is 5. The van der Waals surface area contributed by atoms with Crippen molar-refractivity contribution in [3.05, 3.63) is 24.8 Å². The minimum atomic E-state index is -0.578. The molecule has 0 saturated heterocycles. The van der Waals surface area contributed by atoms with Crippen LogP contribution in [0.15, 0.2) is 24.8 Å². The number of esters is 3. The number of ether oxygens (including phenoxy) is 3. The number of aliphatic hydroxyl groups is 1. The van der Waals surface area contributed by atoms with Crippen LogP contribution in [0.2, 0.25) is 0 Å². The monoisotopic (exact) mass is 260 g/mol. The van der Waals surface area contributed by atoms with Crippen LogP contribution in [-0.2, 0) is 28.6 Å². The summed E-state index contributed by atoms with van der Waals surface area (Å²) in [6.07, 6.45) is 3.04. The summed E-state index contributed by atoms with van der Waals surface area (Å²) in [5, 5.41) is 8.10. The fourth-order valence-electron chi connectivity index (χ4n) is 0.477. The highest BCUT2D eigenvalue weighted by Crippen LogP contribution is 1.80. The van der Waals surface area contributed by atoms with Gasteiger partial charge in [0.05, 0.1) is 20.8 Å². The molecule has 0 atom stereocenters. The molecule has 7 heteroatoms. The summed E-state index contributed by atoms with van der Waals surface area (Å²) in [6.45, 7) is 3.06. The van der Waals surface area contributed by atoms with Crippen LogP contribution in [0, 0.1) is 0 Å². The first-order valence-electron chi connectivity index (χ1n) is 4.75. The first kappa shape index (κ1) is 18.2. The Morgan fingerprint density at radius 1 is 1.06 bits per heavy atom. The summed E-state index contributed by atoms with van der Waals surface area (Å²) in [4.78, 5) is 30.8. The quantitative estimate of drug-likeness (QED) is 0.407. The van der Waals surface area contributed by atoms with E-state index in [0.29, 0.717) is 0 Å². The maximum atomic E-state index is 10.3. The second kappa shape index (κ2) is 12.9. The van der Waals surface area contributed by atoms with Gasteiger partial charge in [0.25, 0.3) is 0 Å². The molecule has 7 nitrogen and oxygen atoms in total. The summed E-state index contributed by atoms with van der Waals surface area (Å²) >= 11 is 0. The molecule has 0 aromatic carbocycles. The average Bonchev–Trinajstić information content (AvgIpc) is 2.41. The SMILES string of the molecule is C=CC(=O)OCCO.COC(=O)/C=C\C(=O)OC. The highest BCUT2D eigenvalue weighted by atomic mass is 16.5. The lowest BCUT2D eigenvalue weighted by atomic mass is 10.5. The molecule has 0 spiro atoms. The highest BCUT2D eigenvalue weighted by Gasteiger charge is 1.94. The number of methoxy groups -OCH3 is 2. The second-order valence-corrected chi connectivity index (χ2v) is 2.47. The highest BCUT2D eigenvalue weighted by molar-refractivity contribution is 5.91. The van der Waals surface area contributed by atoms with E-state index < -0.39 is 17.9 Å². The first-order valence-corrected chi connectivity index (χ1v) is 4.75. The van der Waals surface area contributed by atoms with E-state index in [1.165, 1.54) is 14.2 Å². The van der Waals surface area contributed by atoms with Crippen molar-refractivity contribution >= 4 is 17.9 Å². The maximum absolute atomic E-state index is 10.3. The molecule has 0 heterocycles. The summed E-state index contributed by atoms with van der Waals surface area (Å²) in [5.74, 6) is -1.66. The molecule has 0 rings (SSSR count). The van der Waals surface area contributed by atoms with Crippen molar-refractivity contribution < 1.29 is 33.7 Å². The van der Waals surface area contributed by atoms with Crippen molar-refractivity contribution in [2.24, 2.45) is 0 Å². The Kier molecular flexibility index (Phi) is 13.1. The molecule has 0 amide bonds. The molecule has 102 valence electrons. The Morgan fingerprint density at radius 3 is 1.78 bits per heavy atom. The van der Waals surface area contributed by atoms with Gasteiger partial charge in [-0.25, -0.2) is 14.4 Å². The Morgan fingerprint density at radius 2 is 1.50 bits per heavy atom. The summed E-state index contributed by atoms with van der Waals surface area (Å²) in [6, 6.07) is 0. The van der Waals surface area contributed by atoms with E-state index in [0.717, 1.165) is 18.2 Å². The zero-order chi connectivity index (χ0) is 14.4. The van der Waals surface area contributed by atoms with Crippen LogP contribution in [0.3, 0.4) is 0 Å². The molecule has 18 heavy (non-hydrogen) atoms. The molecule has 1 N–H and O–H groups in total. The molecule has 0 aliphatic carbocycles. The van der Waals surface area contributed by atoms with Gasteiger partial charge in [-0.3, -0.25) is 0 Å². The van der Waals surface area contributed by atoms with E-state index in [2.05, 4.69) is 20.8 Å². The predicted molar refractivity (Wildman–Crippen MR) is 61.4 cm³/mol. The van der Waals surface area contributed by atoms with E-state index in [9.17, 15) is 14.4 Å². The van der Waals surface area contributed by atoms with Gasteiger partial charge in [-0.2, -0.15) is 0 Å². The van der Waals surface area contributed by atoms with Gasteiger partial charge in [-0.05, 0) is 0 Å². The van der Waals surface area contributed by atoms with Gasteiger partial charge in [0, 0.05) is 18.2 Å². The average molecular weight is 260 g/mol. The lowest BCUT2D eigenvalue weighted by Crippen LogP contribution is -2.04. The second-order valence-electron chi connectivity index (χ2n) is 2.47. The minimum Gasteiger partial charge on any atom is -0.466 e. The fraction of sp³-hybridized carbons (Fsp3) is 0.364. The molecular formula is C11H16O7. The maximum Gasteiger partial charge on any atom is 0.330 e. The Labute approximate surface area is 105 Å². The van der Waals surface area contributed by atoms with Crippen molar-refractivity contribution in [1.82, 2.24) is 0 Å². The number of hydrogen-bond donors (Lipinski definition) is 1. The van der Waals surface area contributed by atoms with Gasteiger partial charge in [0.15, 0.2) is 0 Å². The molecule has 0 aromatic heterocycles. The lowest BCUT2D eigenvalue weighted by Gasteiger charge is -1.94. The summed E-state index contributed by atoms with van der Waals surface area (Å²) < 4.78 is 12.8. The van der Waals surface area contributed by atoms with Crippen molar-refractivity contribution in [2.45, 2.75) is 0 Å². The van der Waals surface area contributed by atoms with Crippen LogP contribution in [-0.4, -0.2) is 50.4 Å². The van der Waals surface area contributed by atoms with E-state index >= 15 is 0 Å². The molecular weight excluding hydrogens is 244 g/mol. The predicted octanol–water partition coefficient (Wildman–Crippen LogP) is -0.404. The standard InChI is InChI=1S/C6H8O4.C5H8O3/c1-9-5(7)3-4-6(8)10-2;1-2-5(7)8-4-3-6/h3-4H,1-2H3;2,6H,1,3-4H2/b4-3-;. The topological polar surface area (TPSA) is 99.1 Å². The molecule has 0 bridgehead atoms. The van der Waals surface area contributed by atoms with Gasteiger partial charge in [-0.15, -0.1) is 0 Å². The lowest BCUT2D eigenvalue weighted by molar-refractivity contribution is -0.138. The number of carbonyl (C=O) groups is 3. The van der Waals surface area contributed by atoms with Crippen LogP contribution >= 0.6 is 0 Å². The molecule has 0 unspecified atom stereocenters. The normalized spacial score (nSPS) is 8.83. The summed E-state index contributed by atoms with van der Waals surface area (Å²) in [5.41, 5.74) is 0. The van der Waals surface area contributed by atoms with Crippen LogP contribution in [0.5, 0.6) is 0 Å². The molecule has 0 aromatic rings. The molecule has 0 aliphatic heterocycles. The summed E-state index contributed by atoms with van der Waals surface area (Å²) in [7, 11) is 2.45. The van der Waals surface area contributed by atoms with Gasteiger partial charge in [-0.1, -0.05) is 6.58 Å². The van der Waals surface area contributed by atoms with Crippen LogP contribution in [0.4, 0.5) is 0 Å². The van der Waals surface area contributed by atoms with Crippen LogP contribution in [0.1, 0.15) is 0 Å². The number of aliphatic hydroxyl groups excluding tert-OH is 1. The Bertz CT molecular complexity index is 289. The zero-order valence-corrected chi connectivity index (χ0v) is 10.3. The third-order valence-corrected chi connectivity index (χ3v) is 1.26. The molecule has 0 radical (unpaired) electrons. The van der Waals surface area contributed by atoms with E-state index in [-0.39, 0.29) is 13.2 Å². The van der Waals surface area contributed by atoms with Gasteiger partial charge >= 0.3 is 17.9 Å². The largest absolute Gasteiger partial charge is 0.466 e. The molecule has 0 saturated carbocycles. The van der Waals surface area contributed by atoms with Crippen molar-refractivity contribution in [3.8, 4) is 0 Å². The minimum absolute atomic E-state index is 0.0465. The van der Waals surface area contributed by atoms with E-state index in [1.807, 2.05) is 0 Å². The number of carbonyl (C=O) groups excluding carboxylic acids is 3. The van der Waals surface area contributed by atoms with Crippen molar-refractivity contribution in [3.63, 3.8) is 0 Å². The number of hydrogen-bond acceptors (Lipinski definition) is 7. The van der Waals surface area contributed by atoms with E-state index in [1.54, 1.807) is 0 Å². The molecule has 0 aliphatic rings. The zero-order valence-electron chi connectivity index (χ0n) is 10.3. The smallest absolute Gasteiger partial charge is 0.330 e. The van der Waals surface area contributed by atoms with Crippen LogP contribution < -0.4 is 0 Å². The fourth-order valence-corrected chi connectivity index (χ4v) is 0.477. The molecule has 0 fully saturated rings. The Hall–Kier alpha value is -2.15. The van der Waals surface area contributed by atoms with Crippen molar-refractivity contribution in [2.75, 3.05) is 27.4 Å². The van der Waals surface area contributed by atoms with Crippen molar-refractivity contribution in [1.29, 1.82) is 0 Å². The van der Waals surface area contributed by atoms with Gasteiger partial charge in [0.2, 0.25) is 0 Å². The third kappa shape index (κ3) is 13.8. The Balaban J connectivity index is 0. The van der Waals surface area contributed by atoms with Crippen LogP contribution in [0.25, 0.3) is 0 Å². The van der Waals surface area contributed by atoms with E-state index in [4.69, 9.17) is 5.11 Å².